The summed E-state index contributed by atoms with van der Waals surface area (Å²) >= 11 is 0. The van der Waals surface area contributed by atoms with Crippen LogP contribution in [0.4, 0.5) is 8.78 Å². The molecule has 2 rings (SSSR count). The third-order valence-electron chi connectivity index (χ3n) is 2.68. The highest BCUT2D eigenvalue weighted by Crippen LogP contribution is 2.20. The first-order valence-electron chi connectivity index (χ1n) is 5.74. The Balaban J connectivity index is 2.38. The molecule has 1 aromatic heterocycles. The molecular formula is C13H12F2N2O2S. The zero-order valence-corrected chi connectivity index (χ0v) is 11.2. The summed E-state index contributed by atoms with van der Waals surface area (Å²) in [5.41, 5.74) is 6.36. The van der Waals surface area contributed by atoms with E-state index in [9.17, 15) is 17.2 Å². The van der Waals surface area contributed by atoms with E-state index in [0.717, 1.165) is 12.1 Å². The first-order valence-corrected chi connectivity index (χ1v) is 7.39. The van der Waals surface area contributed by atoms with Crippen LogP contribution in [0.1, 0.15) is 11.3 Å². The number of hydrogen-bond acceptors (Lipinski definition) is 4. The number of benzene rings is 1. The molecule has 1 heterocycles. The van der Waals surface area contributed by atoms with Gasteiger partial charge in [0, 0.05) is 12.7 Å². The second-order valence-corrected chi connectivity index (χ2v) is 6.15. The molecule has 0 radical (unpaired) electrons. The molecule has 0 bridgehead atoms. The number of hydrogen-bond donors (Lipinski definition) is 1. The van der Waals surface area contributed by atoms with Gasteiger partial charge in [0.25, 0.3) is 0 Å². The van der Waals surface area contributed by atoms with Gasteiger partial charge in [-0.25, -0.2) is 17.2 Å². The molecule has 0 amide bonds. The molecule has 0 saturated carbocycles. The summed E-state index contributed by atoms with van der Waals surface area (Å²) in [5, 5.41) is 0. The molecule has 1 aromatic carbocycles. The Morgan fingerprint density at radius 1 is 1.15 bits per heavy atom. The topological polar surface area (TPSA) is 73.1 Å². The van der Waals surface area contributed by atoms with Crippen LogP contribution in [0, 0.1) is 11.6 Å². The van der Waals surface area contributed by atoms with Crippen molar-refractivity contribution in [3.8, 4) is 0 Å². The number of rotatable bonds is 4. The average Bonchev–Trinajstić information content (AvgIpc) is 2.41. The first-order chi connectivity index (χ1) is 9.42. The van der Waals surface area contributed by atoms with E-state index in [0.29, 0.717) is 17.3 Å². The van der Waals surface area contributed by atoms with Crippen molar-refractivity contribution >= 4 is 9.84 Å². The smallest absolute Gasteiger partial charge is 0.185 e. The lowest BCUT2D eigenvalue weighted by molar-refractivity contribution is 0.553. The maximum absolute atomic E-state index is 13.5. The molecule has 106 valence electrons. The van der Waals surface area contributed by atoms with Gasteiger partial charge in [-0.3, -0.25) is 4.98 Å². The van der Waals surface area contributed by atoms with Gasteiger partial charge in [0.1, 0.15) is 16.5 Å². The van der Waals surface area contributed by atoms with E-state index in [2.05, 4.69) is 4.98 Å². The van der Waals surface area contributed by atoms with Crippen molar-refractivity contribution in [3.05, 3.63) is 59.4 Å². The van der Waals surface area contributed by atoms with Crippen molar-refractivity contribution in [2.45, 2.75) is 17.2 Å². The number of pyridine rings is 1. The van der Waals surface area contributed by atoms with E-state index in [1.54, 1.807) is 0 Å². The van der Waals surface area contributed by atoms with Gasteiger partial charge in [0.05, 0.1) is 11.4 Å². The van der Waals surface area contributed by atoms with Crippen LogP contribution in [0.3, 0.4) is 0 Å². The highest BCUT2D eigenvalue weighted by atomic mass is 32.2. The van der Waals surface area contributed by atoms with Gasteiger partial charge in [-0.05, 0) is 35.9 Å². The molecule has 0 unspecified atom stereocenters. The second-order valence-electron chi connectivity index (χ2n) is 4.19. The fourth-order valence-corrected chi connectivity index (χ4v) is 3.17. The van der Waals surface area contributed by atoms with Crippen LogP contribution in [0.15, 0.2) is 41.4 Å². The van der Waals surface area contributed by atoms with Crippen molar-refractivity contribution in [1.82, 2.24) is 4.98 Å². The summed E-state index contributed by atoms with van der Waals surface area (Å²) in [4.78, 5) is 3.29. The van der Waals surface area contributed by atoms with Crippen molar-refractivity contribution in [2.24, 2.45) is 5.73 Å². The van der Waals surface area contributed by atoms with Crippen molar-refractivity contribution in [3.63, 3.8) is 0 Å². The Morgan fingerprint density at radius 2 is 1.90 bits per heavy atom. The molecule has 0 spiro atoms. The number of nitrogens with two attached hydrogens (primary N) is 1. The van der Waals surface area contributed by atoms with E-state index in [-0.39, 0.29) is 6.54 Å². The summed E-state index contributed by atoms with van der Waals surface area (Å²) < 4.78 is 50.8. The fourth-order valence-electron chi connectivity index (χ4n) is 1.74. The van der Waals surface area contributed by atoms with Gasteiger partial charge < -0.3 is 5.73 Å². The number of halogens is 2. The summed E-state index contributed by atoms with van der Waals surface area (Å²) in [5.74, 6) is -2.22. The maximum atomic E-state index is 13.5. The minimum atomic E-state index is -3.98. The van der Waals surface area contributed by atoms with Crippen LogP contribution in [-0.2, 0) is 22.1 Å². The van der Waals surface area contributed by atoms with Gasteiger partial charge in [-0.15, -0.1) is 0 Å². The largest absolute Gasteiger partial charge is 0.325 e. The lowest BCUT2D eigenvalue weighted by atomic mass is 10.2. The summed E-state index contributed by atoms with van der Waals surface area (Å²) in [6.45, 7) is 0.169. The normalized spacial score (nSPS) is 11.6. The molecule has 7 heteroatoms. The van der Waals surface area contributed by atoms with E-state index >= 15 is 0 Å². The third-order valence-corrected chi connectivity index (χ3v) is 4.37. The highest BCUT2D eigenvalue weighted by molar-refractivity contribution is 7.90. The summed E-state index contributed by atoms with van der Waals surface area (Å²) in [6.07, 6.45) is 1.43. The lowest BCUT2D eigenvalue weighted by Gasteiger charge is -2.07. The van der Waals surface area contributed by atoms with Crippen LogP contribution in [-0.4, -0.2) is 13.4 Å². The number of aromatic nitrogens is 1. The molecule has 0 aliphatic rings. The number of sulfone groups is 1. The first kappa shape index (κ1) is 14.5. The quantitative estimate of drug-likeness (QED) is 0.934. The Hall–Kier alpha value is -1.86. The van der Waals surface area contributed by atoms with Crippen LogP contribution >= 0.6 is 0 Å². The predicted octanol–water partition coefficient (Wildman–Crippen LogP) is 1.79. The van der Waals surface area contributed by atoms with E-state index in [4.69, 9.17) is 5.73 Å². The Kier molecular flexibility index (Phi) is 4.10. The van der Waals surface area contributed by atoms with Crippen molar-refractivity contribution in [2.75, 3.05) is 0 Å². The molecule has 0 atom stereocenters. The zero-order chi connectivity index (χ0) is 14.8. The van der Waals surface area contributed by atoms with E-state index in [1.807, 2.05) is 0 Å². The molecule has 4 nitrogen and oxygen atoms in total. The number of nitrogens with zero attached hydrogens (tertiary/aromatic N) is 1. The molecular weight excluding hydrogens is 286 g/mol. The van der Waals surface area contributed by atoms with Gasteiger partial charge >= 0.3 is 0 Å². The third kappa shape index (κ3) is 3.17. The predicted molar refractivity (Wildman–Crippen MR) is 69.4 cm³/mol. The van der Waals surface area contributed by atoms with Crippen LogP contribution < -0.4 is 5.73 Å². The average molecular weight is 298 g/mol. The zero-order valence-electron chi connectivity index (χ0n) is 10.4. The van der Waals surface area contributed by atoms with Crippen molar-refractivity contribution in [1.29, 1.82) is 0 Å². The summed E-state index contributed by atoms with van der Waals surface area (Å²) in [6, 6.07) is 5.35. The monoisotopic (exact) mass is 298 g/mol. The minimum Gasteiger partial charge on any atom is -0.325 e. The van der Waals surface area contributed by atoms with E-state index in [1.165, 1.54) is 18.3 Å². The van der Waals surface area contributed by atoms with Crippen LogP contribution in [0.5, 0.6) is 0 Å². The molecule has 2 aromatic rings. The SMILES string of the molecule is NCc1cc(CS(=O)(=O)c2cc(F)ccc2F)ccn1. The molecule has 0 fully saturated rings. The van der Waals surface area contributed by atoms with Gasteiger partial charge in [-0.2, -0.15) is 0 Å². The molecule has 0 saturated heterocycles. The molecule has 0 aliphatic heterocycles. The van der Waals surface area contributed by atoms with Crippen LogP contribution in [0.2, 0.25) is 0 Å². The maximum Gasteiger partial charge on any atom is 0.185 e. The fraction of sp³-hybridized carbons (Fsp3) is 0.154. The standard InChI is InChI=1S/C13H12F2N2O2S/c14-10-1-2-12(15)13(6-10)20(18,19)8-9-3-4-17-11(5-9)7-16/h1-6H,7-8,16H2. The van der Waals surface area contributed by atoms with E-state index < -0.39 is 32.1 Å². The highest BCUT2D eigenvalue weighted by Gasteiger charge is 2.20. The van der Waals surface area contributed by atoms with Gasteiger partial charge in [0.2, 0.25) is 0 Å². The Labute approximate surface area is 115 Å². The van der Waals surface area contributed by atoms with Gasteiger partial charge in [0.15, 0.2) is 9.84 Å². The molecule has 2 N–H and O–H groups in total. The minimum absolute atomic E-state index is 0.169. The molecule has 20 heavy (non-hydrogen) atoms. The van der Waals surface area contributed by atoms with Crippen molar-refractivity contribution < 1.29 is 17.2 Å². The summed E-state index contributed by atoms with van der Waals surface area (Å²) in [7, 11) is -3.98. The molecule has 0 aliphatic carbocycles. The Bertz CT molecular complexity index is 733. The van der Waals surface area contributed by atoms with Crippen LogP contribution in [0.25, 0.3) is 0 Å². The van der Waals surface area contributed by atoms with Gasteiger partial charge in [-0.1, -0.05) is 0 Å². The lowest BCUT2D eigenvalue weighted by Crippen LogP contribution is -2.09. The second kappa shape index (κ2) is 5.64. The Morgan fingerprint density at radius 3 is 2.60 bits per heavy atom.